The summed E-state index contributed by atoms with van der Waals surface area (Å²) in [6.07, 6.45) is 4.42. The lowest BCUT2D eigenvalue weighted by molar-refractivity contribution is -0.120. The van der Waals surface area contributed by atoms with Crippen molar-refractivity contribution >= 4 is 21.6 Å². The zero-order valence-corrected chi connectivity index (χ0v) is 18.0. The summed E-state index contributed by atoms with van der Waals surface area (Å²) in [6, 6.07) is 10.9. The van der Waals surface area contributed by atoms with Gasteiger partial charge < -0.3 is 14.8 Å². The van der Waals surface area contributed by atoms with E-state index in [1.54, 1.807) is 18.2 Å². The van der Waals surface area contributed by atoms with Crippen LogP contribution >= 0.6 is 0 Å². The first-order valence-corrected chi connectivity index (χ1v) is 11.9. The van der Waals surface area contributed by atoms with Crippen molar-refractivity contribution in [3.63, 3.8) is 0 Å². The van der Waals surface area contributed by atoms with Crippen LogP contribution in [0.25, 0.3) is 0 Å². The molecule has 1 N–H and O–H groups in total. The smallest absolute Gasteiger partial charge is 0.241 e. The highest BCUT2D eigenvalue weighted by Crippen LogP contribution is 2.34. The number of amides is 1. The third kappa shape index (κ3) is 4.38. The van der Waals surface area contributed by atoms with Crippen molar-refractivity contribution in [3.05, 3.63) is 53.1 Å². The molecule has 4 rings (SSSR count). The second kappa shape index (κ2) is 8.18. The number of anilines is 1. The summed E-state index contributed by atoms with van der Waals surface area (Å²) in [5, 5.41) is 2.92. The maximum atomic E-state index is 12.7. The van der Waals surface area contributed by atoms with Gasteiger partial charge in [-0.05, 0) is 55.0 Å². The van der Waals surface area contributed by atoms with Crippen LogP contribution in [0.15, 0.2) is 36.4 Å². The maximum Gasteiger partial charge on any atom is 0.241 e. The first kappa shape index (κ1) is 20.5. The third-order valence-corrected chi connectivity index (χ3v) is 6.64. The van der Waals surface area contributed by atoms with Crippen molar-refractivity contribution in [2.45, 2.75) is 32.2 Å². The molecule has 0 aromatic heterocycles. The normalized spacial score (nSPS) is 15.9. The van der Waals surface area contributed by atoms with Gasteiger partial charge in [0.05, 0.1) is 18.0 Å². The van der Waals surface area contributed by atoms with E-state index in [0.717, 1.165) is 29.0 Å². The van der Waals surface area contributed by atoms with Gasteiger partial charge in [-0.1, -0.05) is 18.2 Å². The molecule has 2 aliphatic rings. The summed E-state index contributed by atoms with van der Waals surface area (Å²) in [5.74, 6) is 0.663. The number of nitrogens with zero attached hydrogens (tertiary/aromatic N) is 1. The van der Waals surface area contributed by atoms with Crippen molar-refractivity contribution < 1.29 is 22.7 Å². The molecule has 8 heteroatoms. The largest absolute Gasteiger partial charge is 0.486 e. The van der Waals surface area contributed by atoms with Crippen molar-refractivity contribution in [1.82, 2.24) is 5.32 Å². The Morgan fingerprint density at radius 1 is 1.07 bits per heavy atom. The highest BCUT2D eigenvalue weighted by atomic mass is 32.2. The van der Waals surface area contributed by atoms with E-state index in [-0.39, 0.29) is 18.5 Å². The molecule has 0 saturated carbocycles. The third-order valence-electron chi connectivity index (χ3n) is 5.50. The summed E-state index contributed by atoms with van der Waals surface area (Å²) >= 11 is 0. The Labute approximate surface area is 177 Å². The van der Waals surface area contributed by atoms with Crippen molar-refractivity contribution in [1.29, 1.82) is 0 Å². The summed E-state index contributed by atoms with van der Waals surface area (Å²) in [7, 11) is -3.67. The van der Waals surface area contributed by atoms with Gasteiger partial charge in [-0.3, -0.25) is 9.10 Å². The Kier molecular flexibility index (Phi) is 5.60. The van der Waals surface area contributed by atoms with Gasteiger partial charge in [0.25, 0.3) is 0 Å². The van der Waals surface area contributed by atoms with Gasteiger partial charge in [0, 0.05) is 6.07 Å². The lowest BCUT2D eigenvalue weighted by Gasteiger charge is -2.25. The standard InChI is InChI=1S/C22H26N2O5S/c1-15(17-7-6-16-4-3-5-18(16)12-17)23-22(25)14-24(30(2,26)27)19-8-9-20-21(13-19)29-11-10-28-20/h6-9,12-13,15H,3-5,10-11,14H2,1-2H3,(H,23,25). The molecule has 2 aromatic carbocycles. The zero-order valence-electron chi connectivity index (χ0n) is 17.2. The fourth-order valence-corrected chi connectivity index (χ4v) is 4.80. The predicted molar refractivity (Wildman–Crippen MR) is 115 cm³/mol. The molecular weight excluding hydrogens is 404 g/mol. The van der Waals surface area contributed by atoms with Crippen LogP contribution in [0.4, 0.5) is 5.69 Å². The zero-order chi connectivity index (χ0) is 21.3. The Morgan fingerprint density at radius 3 is 2.57 bits per heavy atom. The lowest BCUT2D eigenvalue weighted by Crippen LogP contribution is -2.41. The van der Waals surface area contributed by atoms with Crippen LogP contribution in [0, 0.1) is 0 Å². The minimum absolute atomic E-state index is 0.218. The first-order valence-electron chi connectivity index (χ1n) is 10.1. The SMILES string of the molecule is CC(NC(=O)CN(c1ccc2c(c1)OCCO2)S(C)(=O)=O)c1ccc2c(c1)CCC2. The molecule has 1 aliphatic heterocycles. The summed E-state index contributed by atoms with van der Waals surface area (Å²) < 4.78 is 36.9. The van der Waals surface area contributed by atoms with Gasteiger partial charge >= 0.3 is 0 Å². The lowest BCUT2D eigenvalue weighted by atomic mass is 10.0. The summed E-state index contributed by atoms with van der Waals surface area (Å²) in [4.78, 5) is 12.7. The number of benzene rings is 2. The molecule has 0 spiro atoms. The van der Waals surface area contributed by atoms with E-state index >= 15 is 0 Å². The Balaban J connectivity index is 1.49. The van der Waals surface area contributed by atoms with Gasteiger partial charge in [0.15, 0.2) is 11.5 Å². The number of rotatable bonds is 6. The van der Waals surface area contributed by atoms with E-state index in [1.807, 2.05) is 13.0 Å². The van der Waals surface area contributed by atoms with Crippen LogP contribution in [0.3, 0.4) is 0 Å². The second-order valence-electron chi connectivity index (χ2n) is 7.77. The Morgan fingerprint density at radius 2 is 1.80 bits per heavy atom. The van der Waals surface area contributed by atoms with Crippen LogP contribution in [-0.4, -0.2) is 40.3 Å². The van der Waals surface area contributed by atoms with E-state index in [2.05, 4.69) is 17.4 Å². The molecule has 1 atom stereocenters. The minimum Gasteiger partial charge on any atom is -0.486 e. The van der Waals surface area contributed by atoms with Crippen LogP contribution in [0.2, 0.25) is 0 Å². The molecule has 1 amide bonds. The van der Waals surface area contributed by atoms with E-state index < -0.39 is 10.0 Å². The van der Waals surface area contributed by atoms with Crippen molar-refractivity contribution in [3.8, 4) is 11.5 Å². The maximum absolute atomic E-state index is 12.7. The van der Waals surface area contributed by atoms with Crippen molar-refractivity contribution in [2.75, 3.05) is 30.3 Å². The highest BCUT2D eigenvalue weighted by Gasteiger charge is 2.24. The van der Waals surface area contributed by atoms with Crippen LogP contribution in [0.5, 0.6) is 11.5 Å². The average Bonchev–Trinajstić information content (AvgIpc) is 3.18. The molecule has 1 unspecified atom stereocenters. The number of carbonyl (C=O) groups is 1. The predicted octanol–water partition coefficient (Wildman–Crippen LogP) is 2.59. The van der Waals surface area contributed by atoms with E-state index in [4.69, 9.17) is 9.47 Å². The topological polar surface area (TPSA) is 84.9 Å². The molecule has 2 aromatic rings. The molecular formula is C22H26N2O5S. The molecule has 1 aliphatic carbocycles. The van der Waals surface area contributed by atoms with Crippen LogP contribution in [-0.2, 0) is 27.7 Å². The number of hydrogen-bond donors (Lipinski definition) is 1. The van der Waals surface area contributed by atoms with Gasteiger partial charge in [0.2, 0.25) is 15.9 Å². The monoisotopic (exact) mass is 430 g/mol. The van der Waals surface area contributed by atoms with E-state index in [9.17, 15) is 13.2 Å². The Hall–Kier alpha value is -2.74. The molecule has 30 heavy (non-hydrogen) atoms. The second-order valence-corrected chi connectivity index (χ2v) is 9.68. The van der Waals surface area contributed by atoms with Crippen molar-refractivity contribution in [2.24, 2.45) is 0 Å². The average molecular weight is 431 g/mol. The van der Waals surface area contributed by atoms with Gasteiger partial charge in [-0.2, -0.15) is 0 Å². The number of hydrogen-bond acceptors (Lipinski definition) is 5. The van der Waals surface area contributed by atoms with E-state index in [0.29, 0.717) is 30.4 Å². The molecule has 0 bridgehead atoms. The highest BCUT2D eigenvalue weighted by molar-refractivity contribution is 7.92. The van der Waals surface area contributed by atoms with Crippen LogP contribution < -0.4 is 19.1 Å². The number of sulfonamides is 1. The number of carbonyl (C=O) groups excluding carboxylic acids is 1. The Bertz CT molecular complexity index is 1070. The molecule has 0 saturated heterocycles. The fraction of sp³-hybridized carbons (Fsp3) is 0.409. The number of aryl methyl sites for hydroxylation is 2. The molecule has 0 radical (unpaired) electrons. The summed E-state index contributed by atoms with van der Waals surface area (Å²) in [6.45, 7) is 2.44. The fourth-order valence-electron chi connectivity index (χ4n) is 3.95. The van der Waals surface area contributed by atoms with Gasteiger partial charge in [0.1, 0.15) is 19.8 Å². The summed E-state index contributed by atoms with van der Waals surface area (Å²) in [5.41, 5.74) is 4.10. The molecule has 1 heterocycles. The molecule has 0 fully saturated rings. The number of ether oxygens (including phenoxy) is 2. The quantitative estimate of drug-likeness (QED) is 0.762. The number of fused-ring (bicyclic) bond motifs is 2. The minimum atomic E-state index is -3.67. The van der Waals surface area contributed by atoms with Gasteiger partial charge in [-0.25, -0.2) is 8.42 Å². The van der Waals surface area contributed by atoms with Gasteiger partial charge in [-0.15, -0.1) is 0 Å². The first-order chi connectivity index (χ1) is 14.3. The number of nitrogens with one attached hydrogen (secondary N) is 1. The van der Waals surface area contributed by atoms with Crippen LogP contribution in [0.1, 0.15) is 36.1 Å². The molecule has 7 nitrogen and oxygen atoms in total. The molecule has 160 valence electrons. The van der Waals surface area contributed by atoms with E-state index in [1.165, 1.54) is 17.5 Å².